The summed E-state index contributed by atoms with van der Waals surface area (Å²) in [5.41, 5.74) is 0.704. The molecule has 0 aromatic heterocycles. The van der Waals surface area contributed by atoms with Crippen LogP contribution in [0.25, 0.3) is 6.08 Å². The van der Waals surface area contributed by atoms with Gasteiger partial charge in [-0.3, -0.25) is 10.1 Å². The predicted molar refractivity (Wildman–Crippen MR) is 56.0 cm³/mol. The zero-order valence-electron chi connectivity index (χ0n) is 8.47. The average molecular weight is 233 g/mol. The third-order valence-electron chi connectivity index (χ3n) is 2.10. The van der Waals surface area contributed by atoms with Crippen molar-refractivity contribution in [1.82, 2.24) is 5.32 Å². The number of carboxylic acids is 1. The molecule has 2 amide bonds. The lowest BCUT2D eigenvalue weighted by Crippen LogP contribution is -2.18. The second-order valence-corrected chi connectivity index (χ2v) is 3.28. The van der Waals surface area contributed by atoms with Crippen LogP contribution >= 0.6 is 0 Å². The Labute approximate surface area is 95.5 Å². The van der Waals surface area contributed by atoms with Crippen molar-refractivity contribution in [3.05, 3.63) is 41.2 Å². The van der Waals surface area contributed by atoms with Gasteiger partial charge in [-0.15, -0.1) is 0 Å². The molecule has 0 unspecified atom stereocenters. The monoisotopic (exact) mass is 233 g/mol. The number of rotatable bonds is 2. The molecular formula is C11H7NO5. The minimum Gasteiger partial charge on any atom is -0.478 e. The van der Waals surface area contributed by atoms with Crippen LogP contribution in [-0.2, 0) is 9.53 Å². The number of hydrogen-bond acceptors (Lipinski definition) is 4. The van der Waals surface area contributed by atoms with E-state index >= 15 is 0 Å². The number of cyclic esters (lactones) is 1. The molecule has 1 aromatic rings. The number of aromatic carboxylic acids is 1. The molecule has 1 fully saturated rings. The fraction of sp³-hybridized carbons (Fsp3) is 0. The van der Waals surface area contributed by atoms with Crippen molar-refractivity contribution in [2.24, 2.45) is 0 Å². The van der Waals surface area contributed by atoms with Gasteiger partial charge in [-0.25, -0.2) is 9.59 Å². The van der Waals surface area contributed by atoms with E-state index in [0.717, 1.165) is 0 Å². The van der Waals surface area contributed by atoms with E-state index in [4.69, 9.17) is 5.11 Å². The molecule has 0 spiro atoms. The van der Waals surface area contributed by atoms with Crippen LogP contribution in [-0.4, -0.2) is 23.1 Å². The molecule has 1 heterocycles. The van der Waals surface area contributed by atoms with Crippen LogP contribution in [0.4, 0.5) is 4.79 Å². The molecule has 0 aliphatic carbocycles. The molecule has 2 rings (SSSR count). The van der Waals surface area contributed by atoms with E-state index in [1.807, 2.05) is 5.32 Å². The van der Waals surface area contributed by atoms with Crippen LogP contribution in [0.1, 0.15) is 15.9 Å². The van der Waals surface area contributed by atoms with Crippen molar-refractivity contribution < 1.29 is 24.2 Å². The molecule has 1 saturated heterocycles. The summed E-state index contributed by atoms with van der Waals surface area (Å²) >= 11 is 0. The van der Waals surface area contributed by atoms with Crippen LogP contribution in [0.15, 0.2) is 30.0 Å². The third kappa shape index (κ3) is 2.31. The molecule has 2 N–H and O–H groups in total. The standard InChI is InChI=1S/C11H7NO5/c13-9-8(17-11(16)12-9)5-6-1-3-7(4-2-6)10(14)15/h1-5H,(H,14,15)(H,12,13,16). The van der Waals surface area contributed by atoms with Crippen LogP contribution in [0.2, 0.25) is 0 Å². The van der Waals surface area contributed by atoms with Gasteiger partial charge in [0.25, 0.3) is 5.91 Å². The molecule has 0 bridgehead atoms. The first kappa shape index (κ1) is 10.9. The van der Waals surface area contributed by atoms with Crippen molar-refractivity contribution in [2.45, 2.75) is 0 Å². The predicted octanol–water partition coefficient (Wildman–Crippen LogP) is 0.992. The Hall–Kier alpha value is -2.63. The van der Waals surface area contributed by atoms with E-state index in [9.17, 15) is 14.4 Å². The highest BCUT2D eigenvalue weighted by molar-refractivity contribution is 6.09. The van der Waals surface area contributed by atoms with Gasteiger partial charge in [0.2, 0.25) is 0 Å². The SMILES string of the molecule is O=C1NC(=O)C(=Cc2ccc(C(=O)O)cc2)O1. The maximum absolute atomic E-state index is 11.1. The largest absolute Gasteiger partial charge is 0.478 e. The Morgan fingerprint density at radius 2 is 1.88 bits per heavy atom. The normalized spacial score (nSPS) is 16.8. The number of carbonyl (C=O) groups is 3. The molecule has 17 heavy (non-hydrogen) atoms. The number of amides is 2. The summed E-state index contributed by atoms with van der Waals surface area (Å²) in [4.78, 5) is 32.5. The Kier molecular flexibility index (Phi) is 2.61. The van der Waals surface area contributed by atoms with Crippen molar-refractivity contribution in [3.63, 3.8) is 0 Å². The topological polar surface area (TPSA) is 92.7 Å². The van der Waals surface area contributed by atoms with E-state index in [2.05, 4.69) is 4.74 Å². The Morgan fingerprint density at radius 3 is 2.35 bits per heavy atom. The zero-order chi connectivity index (χ0) is 12.4. The molecule has 0 radical (unpaired) electrons. The number of carboxylic acid groups (broad SMARTS) is 1. The Balaban J connectivity index is 2.24. The smallest absolute Gasteiger partial charge is 0.419 e. The first-order valence-corrected chi connectivity index (χ1v) is 4.64. The Morgan fingerprint density at radius 1 is 1.24 bits per heavy atom. The highest BCUT2D eigenvalue weighted by Gasteiger charge is 2.25. The lowest BCUT2D eigenvalue weighted by molar-refractivity contribution is -0.116. The lowest BCUT2D eigenvalue weighted by Gasteiger charge is -1.96. The molecular weight excluding hydrogens is 226 g/mol. The number of nitrogens with one attached hydrogen (secondary N) is 1. The van der Waals surface area contributed by atoms with Crippen molar-refractivity contribution in [1.29, 1.82) is 0 Å². The highest BCUT2D eigenvalue weighted by atomic mass is 16.6. The average Bonchev–Trinajstić information content (AvgIpc) is 2.58. The second kappa shape index (κ2) is 4.09. The van der Waals surface area contributed by atoms with Gasteiger partial charge < -0.3 is 9.84 Å². The summed E-state index contributed by atoms with van der Waals surface area (Å²) in [5.74, 6) is -1.76. The molecule has 1 aliphatic rings. The summed E-state index contributed by atoms with van der Waals surface area (Å²) in [6, 6.07) is 5.80. The van der Waals surface area contributed by atoms with Gasteiger partial charge in [-0.1, -0.05) is 12.1 Å². The number of carbonyl (C=O) groups excluding carboxylic acids is 2. The molecule has 0 atom stereocenters. The zero-order valence-corrected chi connectivity index (χ0v) is 8.47. The van der Waals surface area contributed by atoms with Crippen molar-refractivity contribution in [3.8, 4) is 0 Å². The first-order valence-electron chi connectivity index (χ1n) is 4.64. The number of alkyl carbamates (subject to hydrolysis) is 1. The van der Waals surface area contributed by atoms with Gasteiger partial charge in [-0.05, 0) is 23.8 Å². The molecule has 1 aromatic carbocycles. The Bertz CT molecular complexity index is 529. The first-order chi connectivity index (χ1) is 8.06. The second-order valence-electron chi connectivity index (χ2n) is 3.28. The fourth-order valence-electron chi connectivity index (χ4n) is 1.29. The van der Waals surface area contributed by atoms with Gasteiger partial charge in [-0.2, -0.15) is 0 Å². The highest BCUT2D eigenvalue weighted by Crippen LogP contribution is 2.13. The third-order valence-corrected chi connectivity index (χ3v) is 2.10. The van der Waals surface area contributed by atoms with Crippen molar-refractivity contribution >= 4 is 24.0 Å². The summed E-state index contributed by atoms with van der Waals surface area (Å²) < 4.78 is 4.60. The molecule has 1 aliphatic heterocycles. The quantitative estimate of drug-likeness (QED) is 0.743. The van der Waals surface area contributed by atoms with Crippen molar-refractivity contribution in [2.75, 3.05) is 0 Å². The maximum atomic E-state index is 11.1. The minimum absolute atomic E-state index is 0.113. The number of benzene rings is 1. The van der Waals surface area contributed by atoms with Gasteiger partial charge >= 0.3 is 12.1 Å². The van der Waals surface area contributed by atoms with E-state index in [1.165, 1.54) is 30.3 Å². The van der Waals surface area contributed by atoms with Gasteiger partial charge in [0.05, 0.1) is 5.56 Å². The van der Waals surface area contributed by atoms with E-state index in [-0.39, 0.29) is 11.3 Å². The van der Waals surface area contributed by atoms with Crippen LogP contribution in [0, 0.1) is 0 Å². The van der Waals surface area contributed by atoms with Crippen LogP contribution in [0.3, 0.4) is 0 Å². The van der Waals surface area contributed by atoms with E-state index in [0.29, 0.717) is 5.56 Å². The van der Waals surface area contributed by atoms with Gasteiger partial charge in [0.15, 0.2) is 5.76 Å². The lowest BCUT2D eigenvalue weighted by atomic mass is 10.1. The molecule has 6 heteroatoms. The molecule has 6 nitrogen and oxygen atoms in total. The van der Waals surface area contributed by atoms with Crippen LogP contribution < -0.4 is 5.32 Å². The van der Waals surface area contributed by atoms with Crippen LogP contribution in [0.5, 0.6) is 0 Å². The van der Waals surface area contributed by atoms with E-state index in [1.54, 1.807) is 0 Å². The summed E-state index contributed by atoms with van der Waals surface area (Å²) in [7, 11) is 0. The minimum atomic E-state index is -1.03. The summed E-state index contributed by atoms with van der Waals surface area (Å²) in [6.45, 7) is 0. The number of imide groups is 1. The molecule has 86 valence electrons. The summed E-state index contributed by atoms with van der Waals surface area (Å²) in [6.07, 6.45) is 0.537. The van der Waals surface area contributed by atoms with Gasteiger partial charge in [0.1, 0.15) is 0 Å². The maximum Gasteiger partial charge on any atom is 0.419 e. The van der Waals surface area contributed by atoms with Gasteiger partial charge in [0, 0.05) is 0 Å². The number of ether oxygens (including phenoxy) is 1. The molecule has 0 saturated carbocycles. The number of hydrogen-bond donors (Lipinski definition) is 2. The fourth-order valence-corrected chi connectivity index (χ4v) is 1.29. The van der Waals surface area contributed by atoms with E-state index < -0.39 is 18.0 Å². The summed E-state index contributed by atoms with van der Waals surface area (Å²) in [5, 5.41) is 10.6.